The number of carbonyl (C=O) groups excluding carboxylic acids is 4. The van der Waals surface area contributed by atoms with Crippen LogP contribution in [0.15, 0.2) is 29.3 Å². The number of hydrogen-bond donors (Lipinski definition) is 0. The van der Waals surface area contributed by atoms with E-state index in [1.807, 2.05) is 0 Å². The molecule has 180 valence electrons. The SMILES string of the molecule is COc1ccc(C=N[C@@H]2[C@@H](OC(C)=O)O[C@H](COC(C)=O)[C@@H](OC(C)=O)[C@@H]2OC(C)=O)cc1. The highest BCUT2D eigenvalue weighted by Gasteiger charge is 2.51. The molecular weight excluding hydrogens is 438 g/mol. The zero-order valence-corrected chi connectivity index (χ0v) is 19.0. The van der Waals surface area contributed by atoms with Crippen LogP contribution in [0.5, 0.6) is 5.75 Å². The molecule has 1 aliphatic rings. The molecule has 0 spiro atoms. The van der Waals surface area contributed by atoms with E-state index in [0.29, 0.717) is 11.3 Å². The van der Waals surface area contributed by atoms with Crippen LogP contribution in [-0.2, 0) is 42.9 Å². The third-order valence-electron chi connectivity index (χ3n) is 4.46. The molecule has 0 amide bonds. The predicted octanol–water partition coefficient (Wildman–Crippen LogP) is 1.20. The highest BCUT2D eigenvalue weighted by Crippen LogP contribution is 2.30. The number of benzene rings is 1. The van der Waals surface area contributed by atoms with Gasteiger partial charge in [0.15, 0.2) is 18.2 Å². The van der Waals surface area contributed by atoms with Crippen molar-refractivity contribution in [1.82, 2.24) is 0 Å². The number of methoxy groups -OCH3 is 1. The van der Waals surface area contributed by atoms with Crippen LogP contribution in [0.4, 0.5) is 0 Å². The minimum atomic E-state index is -1.31. The topological polar surface area (TPSA) is 136 Å². The Hall–Kier alpha value is -3.47. The van der Waals surface area contributed by atoms with Crippen LogP contribution < -0.4 is 4.74 Å². The van der Waals surface area contributed by atoms with Gasteiger partial charge in [-0.2, -0.15) is 0 Å². The Morgan fingerprint density at radius 1 is 0.879 bits per heavy atom. The molecule has 1 fully saturated rings. The van der Waals surface area contributed by atoms with Gasteiger partial charge in [-0.3, -0.25) is 24.2 Å². The lowest BCUT2D eigenvalue weighted by molar-refractivity contribution is -0.266. The van der Waals surface area contributed by atoms with E-state index >= 15 is 0 Å². The maximum atomic E-state index is 11.9. The monoisotopic (exact) mass is 465 g/mol. The summed E-state index contributed by atoms with van der Waals surface area (Å²) in [6.45, 7) is 4.37. The van der Waals surface area contributed by atoms with Crippen LogP contribution in [0.2, 0.25) is 0 Å². The lowest BCUT2D eigenvalue weighted by Gasteiger charge is -2.42. The quantitative estimate of drug-likeness (QED) is 0.313. The summed E-state index contributed by atoms with van der Waals surface area (Å²) >= 11 is 0. The van der Waals surface area contributed by atoms with E-state index in [2.05, 4.69) is 4.99 Å². The van der Waals surface area contributed by atoms with Crippen molar-refractivity contribution in [2.45, 2.75) is 58.3 Å². The standard InChI is InChI=1S/C22H27NO10/c1-12(24)29-11-18-20(30-13(2)25)21(31-14(3)26)19(22(33-18)32-15(4)27)23-10-16-6-8-17(28-5)9-7-16/h6-10,18-22H,11H2,1-5H3/t18-,19+,20-,21-,22+/m1/s1. The van der Waals surface area contributed by atoms with Gasteiger partial charge < -0.3 is 28.4 Å². The van der Waals surface area contributed by atoms with Crippen molar-refractivity contribution in [1.29, 1.82) is 0 Å². The summed E-state index contributed by atoms with van der Waals surface area (Å²) in [7, 11) is 1.54. The molecule has 0 aliphatic carbocycles. The van der Waals surface area contributed by atoms with Gasteiger partial charge in [0.25, 0.3) is 0 Å². The summed E-state index contributed by atoms with van der Waals surface area (Å²) in [6, 6.07) is 5.84. The third kappa shape index (κ3) is 7.86. The van der Waals surface area contributed by atoms with Gasteiger partial charge in [-0.05, 0) is 29.8 Å². The average molecular weight is 465 g/mol. The Morgan fingerprint density at radius 2 is 1.45 bits per heavy atom. The lowest BCUT2D eigenvalue weighted by Crippen LogP contribution is -2.61. The van der Waals surface area contributed by atoms with Crippen molar-refractivity contribution in [3.8, 4) is 5.75 Å². The van der Waals surface area contributed by atoms with Gasteiger partial charge in [0.05, 0.1) is 7.11 Å². The van der Waals surface area contributed by atoms with Crippen LogP contribution >= 0.6 is 0 Å². The first kappa shape index (κ1) is 25.8. The number of ether oxygens (including phenoxy) is 6. The van der Waals surface area contributed by atoms with Gasteiger partial charge in [0.2, 0.25) is 6.29 Å². The molecular formula is C22H27NO10. The molecule has 0 unspecified atom stereocenters. The number of nitrogens with zero attached hydrogens (tertiary/aromatic N) is 1. The second-order valence-corrected chi connectivity index (χ2v) is 7.14. The summed E-state index contributed by atoms with van der Waals surface area (Å²) < 4.78 is 32.0. The molecule has 0 bridgehead atoms. The van der Waals surface area contributed by atoms with Gasteiger partial charge >= 0.3 is 23.9 Å². The Morgan fingerprint density at radius 3 is 1.97 bits per heavy atom. The fraction of sp³-hybridized carbons (Fsp3) is 0.500. The summed E-state index contributed by atoms with van der Waals surface area (Å²) in [5, 5.41) is 0. The van der Waals surface area contributed by atoms with Gasteiger partial charge in [-0.25, -0.2) is 0 Å². The molecule has 1 heterocycles. The molecule has 11 nitrogen and oxygen atoms in total. The van der Waals surface area contributed by atoms with E-state index in [-0.39, 0.29) is 6.61 Å². The largest absolute Gasteiger partial charge is 0.497 e. The van der Waals surface area contributed by atoms with Gasteiger partial charge in [0.1, 0.15) is 18.5 Å². The molecule has 0 N–H and O–H groups in total. The third-order valence-corrected chi connectivity index (χ3v) is 4.46. The average Bonchev–Trinajstić information content (AvgIpc) is 2.73. The van der Waals surface area contributed by atoms with Crippen LogP contribution in [0.1, 0.15) is 33.3 Å². The minimum Gasteiger partial charge on any atom is -0.497 e. The van der Waals surface area contributed by atoms with Crippen molar-refractivity contribution >= 4 is 30.1 Å². The van der Waals surface area contributed by atoms with E-state index in [9.17, 15) is 19.2 Å². The van der Waals surface area contributed by atoms with Crippen molar-refractivity contribution in [2.24, 2.45) is 4.99 Å². The Kier molecular flexibility index (Phi) is 9.34. The summed E-state index contributed by atoms with van der Waals surface area (Å²) in [5.41, 5.74) is 0.671. The highest BCUT2D eigenvalue weighted by atomic mass is 16.7. The van der Waals surface area contributed by atoms with E-state index in [1.165, 1.54) is 41.0 Å². The van der Waals surface area contributed by atoms with Gasteiger partial charge in [-0.1, -0.05) is 0 Å². The fourth-order valence-electron chi connectivity index (χ4n) is 3.17. The highest BCUT2D eigenvalue weighted by molar-refractivity contribution is 5.80. The number of hydrogen-bond acceptors (Lipinski definition) is 11. The van der Waals surface area contributed by atoms with Gasteiger partial charge in [-0.15, -0.1) is 0 Å². The fourth-order valence-corrected chi connectivity index (χ4v) is 3.17. The molecule has 0 radical (unpaired) electrons. The number of rotatable bonds is 8. The van der Waals surface area contributed by atoms with Crippen LogP contribution in [-0.4, -0.2) is 74.5 Å². The maximum absolute atomic E-state index is 11.9. The smallest absolute Gasteiger partial charge is 0.305 e. The van der Waals surface area contributed by atoms with Crippen LogP contribution in [0.3, 0.4) is 0 Å². The lowest BCUT2D eigenvalue weighted by atomic mass is 9.96. The minimum absolute atomic E-state index is 0.336. The Labute approximate surface area is 190 Å². The summed E-state index contributed by atoms with van der Waals surface area (Å²) in [6.07, 6.45) is -3.31. The zero-order valence-electron chi connectivity index (χ0n) is 19.0. The number of esters is 4. The first-order valence-electron chi connectivity index (χ1n) is 10.1. The molecule has 1 aromatic carbocycles. The Balaban J connectivity index is 2.45. The second kappa shape index (κ2) is 12.0. The van der Waals surface area contributed by atoms with Crippen LogP contribution in [0.25, 0.3) is 0 Å². The first-order valence-corrected chi connectivity index (χ1v) is 10.1. The van der Waals surface area contributed by atoms with Crippen molar-refractivity contribution in [3.05, 3.63) is 29.8 Å². The summed E-state index contributed by atoms with van der Waals surface area (Å²) in [4.78, 5) is 51.1. The molecule has 1 aromatic rings. The predicted molar refractivity (Wildman–Crippen MR) is 113 cm³/mol. The van der Waals surface area contributed by atoms with E-state index in [0.717, 1.165) is 0 Å². The molecule has 1 saturated heterocycles. The molecule has 0 saturated carbocycles. The van der Waals surface area contributed by atoms with E-state index in [1.54, 1.807) is 24.3 Å². The molecule has 5 atom stereocenters. The van der Waals surface area contributed by atoms with E-state index < -0.39 is 54.5 Å². The second-order valence-electron chi connectivity index (χ2n) is 7.14. The molecule has 2 rings (SSSR count). The Bertz CT molecular complexity index is 882. The molecule has 33 heavy (non-hydrogen) atoms. The summed E-state index contributed by atoms with van der Waals surface area (Å²) in [5.74, 6) is -2.00. The maximum Gasteiger partial charge on any atom is 0.305 e. The van der Waals surface area contributed by atoms with Crippen LogP contribution in [0, 0.1) is 0 Å². The molecule has 1 aliphatic heterocycles. The zero-order chi connectivity index (χ0) is 24.5. The van der Waals surface area contributed by atoms with Gasteiger partial charge in [0, 0.05) is 33.9 Å². The molecule has 11 heteroatoms. The normalized spacial score (nSPS) is 24.6. The van der Waals surface area contributed by atoms with Crippen molar-refractivity contribution < 1.29 is 47.6 Å². The van der Waals surface area contributed by atoms with Crippen molar-refractivity contribution in [3.63, 3.8) is 0 Å². The molecule has 0 aromatic heterocycles. The first-order chi connectivity index (χ1) is 15.6. The van der Waals surface area contributed by atoms with E-state index in [4.69, 9.17) is 28.4 Å². The number of aliphatic imine (C=N–C) groups is 1. The van der Waals surface area contributed by atoms with Crippen molar-refractivity contribution in [2.75, 3.05) is 13.7 Å². The number of carbonyl (C=O) groups is 4.